The molecule has 6 rings (SSSR count). The van der Waals surface area contributed by atoms with Gasteiger partial charge >= 0.3 is 0 Å². The van der Waals surface area contributed by atoms with Crippen LogP contribution in [0, 0.1) is 17.8 Å². The van der Waals surface area contributed by atoms with E-state index in [0.717, 1.165) is 29.2 Å². The molecule has 176 valence electrons. The first kappa shape index (κ1) is 22.5. The van der Waals surface area contributed by atoms with E-state index in [-0.39, 0.29) is 11.3 Å². The average Bonchev–Trinajstić information content (AvgIpc) is 2.76. The van der Waals surface area contributed by atoms with Crippen molar-refractivity contribution in [2.75, 3.05) is 5.32 Å². The van der Waals surface area contributed by atoms with Crippen molar-refractivity contribution >= 4 is 11.6 Å². The third-order valence-corrected chi connectivity index (χ3v) is 8.46. The van der Waals surface area contributed by atoms with Crippen molar-refractivity contribution in [2.45, 2.75) is 89.6 Å². The van der Waals surface area contributed by atoms with E-state index in [1.165, 1.54) is 49.7 Å². The van der Waals surface area contributed by atoms with Crippen LogP contribution in [0.15, 0.2) is 48.5 Å². The molecule has 2 aromatic carbocycles. The molecule has 1 N–H and O–H groups in total. The summed E-state index contributed by atoms with van der Waals surface area (Å²) >= 11 is 0. The van der Waals surface area contributed by atoms with Crippen LogP contribution in [-0.2, 0) is 15.6 Å². The number of rotatable bonds is 6. The highest BCUT2D eigenvalue weighted by molar-refractivity contribution is 5.94. The zero-order valence-corrected chi connectivity index (χ0v) is 20.7. The predicted octanol–water partition coefficient (Wildman–Crippen LogP) is 7.25. The number of hydrogen-bond donors (Lipinski definition) is 1. The summed E-state index contributed by atoms with van der Waals surface area (Å²) in [6.07, 6.45) is 8.60. The Bertz CT molecular complexity index is 948. The Kier molecular flexibility index (Phi) is 5.79. The number of benzene rings is 2. The molecule has 0 unspecified atom stereocenters. The van der Waals surface area contributed by atoms with Crippen molar-refractivity contribution in [3.05, 3.63) is 59.7 Å². The van der Waals surface area contributed by atoms with Crippen molar-refractivity contribution in [3.63, 3.8) is 0 Å². The van der Waals surface area contributed by atoms with E-state index in [4.69, 9.17) is 4.74 Å². The summed E-state index contributed by atoms with van der Waals surface area (Å²) in [4.78, 5) is 12.9. The van der Waals surface area contributed by atoms with Gasteiger partial charge in [-0.25, -0.2) is 0 Å². The lowest BCUT2D eigenvalue weighted by Gasteiger charge is -2.57. The number of hydrogen-bond acceptors (Lipinski definition) is 2. The molecule has 4 aliphatic carbocycles. The molecule has 0 aromatic heterocycles. The van der Waals surface area contributed by atoms with Crippen LogP contribution in [0.4, 0.5) is 5.69 Å². The predicted molar refractivity (Wildman–Crippen MR) is 135 cm³/mol. The number of carbonyl (C=O) groups is 1. The standard InChI is InChI=1S/C30H39NO2/c1-5-27(33-26-12-8-23(9-13-26)29(2,3)4)28(32)31-25-10-6-24(7-11-25)30-17-20-14-21(18-30)16-22(15-20)19-30/h6-13,20-22,27H,5,14-19H2,1-4H3,(H,31,32)/t20?,21?,22?,27-,30?/m1/s1. The molecular formula is C30H39NO2. The van der Waals surface area contributed by atoms with Crippen LogP contribution in [-0.4, -0.2) is 12.0 Å². The van der Waals surface area contributed by atoms with Crippen LogP contribution in [0.2, 0.25) is 0 Å². The smallest absolute Gasteiger partial charge is 0.265 e. The average molecular weight is 446 g/mol. The van der Waals surface area contributed by atoms with Crippen LogP contribution >= 0.6 is 0 Å². The molecule has 1 atom stereocenters. The van der Waals surface area contributed by atoms with E-state index in [2.05, 4.69) is 62.5 Å². The minimum absolute atomic E-state index is 0.0834. The van der Waals surface area contributed by atoms with Gasteiger partial charge in [0.05, 0.1) is 0 Å². The lowest BCUT2D eigenvalue weighted by Crippen LogP contribution is -2.48. The van der Waals surface area contributed by atoms with Gasteiger partial charge in [0, 0.05) is 5.69 Å². The van der Waals surface area contributed by atoms with Gasteiger partial charge in [0.15, 0.2) is 6.10 Å². The summed E-state index contributed by atoms with van der Waals surface area (Å²) in [6, 6.07) is 16.8. The zero-order valence-electron chi connectivity index (χ0n) is 20.7. The van der Waals surface area contributed by atoms with E-state index >= 15 is 0 Å². The number of anilines is 1. The van der Waals surface area contributed by atoms with Crippen LogP contribution in [0.5, 0.6) is 5.75 Å². The van der Waals surface area contributed by atoms with E-state index in [1.807, 2.05) is 19.1 Å². The van der Waals surface area contributed by atoms with Gasteiger partial charge in [-0.1, -0.05) is 52.0 Å². The second-order valence-electron chi connectivity index (χ2n) is 12.1. The van der Waals surface area contributed by atoms with E-state index in [9.17, 15) is 4.79 Å². The molecule has 4 bridgehead atoms. The fourth-order valence-electron chi connectivity index (χ4n) is 7.11. The summed E-state index contributed by atoms with van der Waals surface area (Å²) in [6.45, 7) is 8.57. The van der Waals surface area contributed by atoms with E-state index in [1.54, 1.807) is 0 Å². The third-order valence-electron chi connectivity index (χ3n) is 8.46. The topological polar surface area (TPSA) is 38.3 Å². The largest absolute Gasteiger partial charge is 0.481 e. The molecule has 0 heterocycles. The molecule has 4 fully saturated rings. The highest BCUT2D eigenvalue weighted by Crippen LogP contribution is 2.60. The van der Waals surface area contributed by atoms with Crippen molar-refractivity contribution in [1.29, 1.82) is 0 Å². The van der Waals surface area contributed by atoms with Crippen molar-refractivity contribution < 1.29 is 9.53 Å². The van der Waals surface area contributed by atoms with Gasteiger partial charge in [0.25, 0.3) is 5.91 Å². The molecule has 1 amide bonds. The zero-order chi connectivity index (χ0) is 23.2. The molecule has 0 aliphatic heterocycles. The molecule has 0 spiro atoms. The van der Waals surface area contributed by atoms with Crippen molar-refractivity contribution in [2.24, 2.45) is 17.8 Å². The van der Waals surface area contributed by atoms with Gasteiger partial charge in [-0.05, 0) is 109 Å². The van der Waals surface area contributed by atoms with Gasteiger partial charge in [-0.2, -0.15) is 0 Å². The summed E-state index contributed by atoms with van der Waals surface area (Å²) in [5.41, 5.74) is 4.10. The molecule has 4 aliphatic rings. The van der Waals surface area contributed by atoms with Crippen LogP contribution < -0.4 is 10.1 Å². The molecule has 4 saturated carbocycles. The van der Waals surface area contributed by atoms with Crippen LogP contribution in [0.25, 0.3) is 0 Å². The second kappa shape index (κ2) is 8.49. The molecule has 3 nitrogen and oxygen atoms in total. The first-order valence-corrected chi connectivity index (χ1v) is 12.9. The van der Waals surface area contributed by atoms with Gasteiger partial charge in [-0.3, -0.25) is 4.79 Å². The molecule has 0 radical (unpaired) electrons. The molecular weight excluding hydrogens is 406 g/mol. The van der Waals surface area contributed by atoms with E-state index in [0.29, 0.717) is 11.8 Å². The maximum absolute atomic E-state index is 12.9. The van der Waals surface area contributed by atoms with Crippen LogP contribution in [0.1, 0.15) is 83.8 Å². The minimum Gasteiger partial charge on any atom is -0.481 e. The van der Waals surface area contributed by atoms with Crippen molar-refractivity contribution in [3.8, 4) is 5.75 Å². The maximum Gasteiger partial charge on any atom is 0.265 e. The Morgan fingerprint density at radius 2 is 1.48 bits per heavy atom. The number of nitrogens with one attached hydrogen (secondary N) is 1. The van der Waals surface area contributed by atoms with Crippen molar-refractivity contribution in [1.82, 2.24) is 0 Å². The number of ether oxygens (including phenoxy) is 1. The Hall–Kier alpha value is -2.29. The van der Waals surface area contributed by atoms with Crippen LogP contribution in [0.3, 0.4) is 0 Å². The molecule has 0 saturated heterocycles. The number of amides is 1. The Balaban J connectivity index is 1.23. The SMILES string of the molecule is CC[C@@H](Oc1ccc(C(C)(C)C)cc1)C(=O)Nc1ccc(C23CC4CC(CC(C4)C2)C3)cc1. The highest BCUT2D eigenvalue weighted by atomic mass is 16.5. The summed E-state index contributed by atoms with van der Waals surface area (Å²) in [7, 11) is 0. The van der Waals surface area contributed by atoms with Gasteiger partial charge in [0.2, 0.25) is 0 Å². The molecule has 33 heavy (non-hydrogen) atoms. The van der Waals surface area contributed by atoms with E-state index < -0.39 is 6.10 Å². The summed E-state index contributed by atoms with van der Waals surface area (Å²) < 4.78 is 6.04. The lowest BCUT2D eigenvalue weighted by atomic mass is 9.48. The van der Waals surface area contributed by atoms with Gasteiger partial charge < -0.3 is 10.1 Å². The Morgan fingerprint density at radius 1 is 0.939 bits per heavy atom. The molecule has 3 heteroatoms. The third kappa shape index (κ3) is 4.56. The summed E-state index contributed by atoms with van der Waals surface area (Å²) in [5, 5.41) is 3.09. The quantitative estimate of drug-likeness (QED) is 0.508. The first-order chi connectivity index (χ1) is 15.7. The highest BCUT2D eigenvalue weighted by Gasteiger charge is 2.51. The maximum atomic E-state index is 12.9. The monoisotopic (exact) mass is 445 g/mol. The Labute approximate surface area is 199 Å². The fraction of sp³-hybridized carbons (Fsp3) is 0.567. The first-order valence-electron chi connectivity index (χ1n) is 12.9. The Morgan fingerprint density at radius 3 is 1.97 bits per heavy atom. The fourth-order valence-corrected chi connectivity index (χ4v) is 7.11. The minimum atomic E-state index is -0.506. The second-order valence-corrected chi connectivity index (χ2v) is 12.1. The van der Waals surface area contributed by atoms with Gasteiger partial charge in [0.1, 0.15) is 5.75 Å². The summed E-state index contributed by atoms with van der Waals surface area (Å²) in [5.74, 6) is 3.48. The van der Waals surface area contributed by atoms with Gasteiger partial charge in [-0.15, -0.1) is 0 Å². The number of carbonyl (C=O) groups excluding carboxylic acids is 1. The molecule has 2 aromatic rings. The lowest BCUT2D eigenvalue weighted by molar-refractivity contribution is -0.122. The normalized spacial score (nSPS) is 29.0.